The van der Waals surface area contributed by atoms with E-state index in [9.17, 15) is 0 Å². The Bertz CT molecular complexity index is 523. The Hall–Kier alpha value is -1.87. The second-order valence-corrected chi connectivity index (χ2v) is 4.54. The number of aryl methyl sites for hydroxylation is 1. The predicted molar refractivity (Wildman–Crippen MR) is 77.6 cm³/mol. The van der Waals surface area contributed by atoms with Gasteiger partial charge in [0.2, 0.25) is 5.88 Å². The van der Waals surface area contributed by atoms with Gasteiger partial charge in [-0.25, -0.2) is 4.98 Å². The molecule has 0 fully saturated rings. The summed E-state index contributed by atoms with van der Waals surface area (Å²) < 4.78 is 5.77. The van der Waals surface area contributed by atoms with Gasteiger partial charge in [-0.15, -0.1) is 0 Å². The lowest BCUT2D eigenvalue weighted by Gasteiger charge is -2.12. The first-order valence-electron chi connectivity index (χ1n) is 6.63. The van der Waals surface area contributed by atoms with Crippen LogP contribution in [0.3, 0.4) is 0 Å². The SMILES string of the molecule is CCc1ccc(Oc2cc(C(C)NC)ccn2)cc1. The number of benzene rings is 1. The maximum Gasteiger partial charge on any atom is 0.219 e. The molecule has 0 aliphatic rings. The molecule has 0 saturated carbocycles. The van der Waals surface area contributed by atoms with Crippen LogP contribution in [0.15, 0.2) is 42.6 Å². The number of hydrogen-bond donors (Lipinski definition) is 1. The van der Waals surface area contributed by atoms with Crippen LogP contribution in [-0.2, 0) is 6.42 Å². The fourth-order valence-electron chi connectivity index (χ4n) is 1.83. The van der Waals surface area contributed by atoms with Crippen LogP contribution in [-0.4, -0.2) is 12.0 Å². The van der Waals surface area contributed by atoms with Crippen LogP contribution in [0, 0.1) is 0 Å². The van der Waals surface area contributed by atoms with Crippen molar-refractivity contribution < 1.29 is 4.74 Å². The van der Waals surface area contributed by atoms with Gasteiger partial charge in [0.25, 0.3) is 0 Å². The van der Waals surface area contributed by atoms with E-state index >= 15 is 0 Å². The number of ether oxygens (including phenoxy) is 1. The van der Waals surface area contributed by atoms with E-state index in [2.05, 4.69) is 36.3 Å². The fourth-order valence-corrected chi connectivity index (χ4v) is 1.83. The summed E-state index contributed by atoms with van der Waals surface area (Å²) in [6, 6.07) is 12.4. The van der Waals surface area contributed by atoms with Gasteiger partial charge in [-0.1, -0.05) is 19.1 Å². The van der Waals surface area contributed by atoms with Crippen LogP contribution in [0.5, 0.6) is 11.6 Å². The minimum Gasteiger partial charge on any atom is -0.439 e. The zero-order valence-electron chi connectivity index (χ0n) is 11.7. The van der Waals surface area contributed by atoms with Crippen LogP contribution < -0.4 is 10.1 Å². The second-order valence-electron chi connectivity index (χ2n) is 4.54. The standard InChI is InChI=1S/C16H20N2O/c1-4-13-5-7-15(8-6-13)19-16-11-14(9-10-18-16)12(2)17-3/h5-12,17H,4H2,1-3H3. The van der Waals surface area contributed by atoms with Gasteiger partial charge < -0.3 is 10.1 Å². The third-order valence-electron chi connectivity index (χ3n) is 3.25. The lowest BCUT2D eigenvalue weighted by Crippen LogP contribution is -2.12. The maximum atomic E-state index is 5.77. The molecule has 0 saturated heterocycles. The average Bonchev–Trinajstić information content (AvgIpc) is 2.47. The fraction of sp³-hybridized carbons (Fsp3) is 0.312. The molecule has 3 heteroatoms. The monoisotopic (exact) mass is 256 g/mol. The normalized spacial score (nSPS) is 12.2. The average molecular weight is 256 g/mol. The summed E-state index contributed by atoms with van der Waals surface area (Å²) in [6.45, 7) is 4.25. The molecule has 1 heterocycles. The summed E-state index contributed by atoms with van der Waals surface area (Å²) in [5.74, 6) is 1.45. The van der Waals surface area contributed by atoms with Gasteiger partial charge >= 0.3 is 0 Å². The van der Waals surface area contributed by atoms with Crippen LogP contribution in [0.4, 0.5) is 0 Å². The molecule has 2 rings (SSSR count). The molecule has 3 nitrogen and oxygen atoms in total. The van der Waals surface area contributed by atoms with E-state index in [4.69, 9.17) is 4.74 Å². The first-order valence-corrected chi connectivity index (χ1v) is 6.63. The molecule has 1 aromatic heterocycles. The number of rotatable bonds is 5. The molecular formula is C16H20N2O. The van der Waals surface area contributed by atoms with Gasteiger partial charge in [0, 0.05) is 18.3 Å². The highest BCUT2D eigenvalue weighted by atomic mass is 16.5. The molecule has 0 aliphatic heterocycles. The zero-order chi connectivity index (χ0) is 13.7. The summed E-state index contributed by atoms with van der Waals surface area (Å²) in [7, 11) is 1.94. The topological polar surface area (TPSA) is 34.1 Å². The number of nitrogens with zero attached hydrogens (tertiary/aromatic N) is 1. The summed E-state index contributed by atoms with van der Waals surface area (Å²) in [6.07, 6.45) is 2.81. The Kier molecular flexibility index (Phi) is 4.53. The van der Waals surface area contributed by atoms with E-state index in [0.717, 1.165) is 17.7 Å². The first-order chi connectivity index (χ1) is 9.22. The van der Waals surface area contributed by atoms with Crippen LogP contribution in [0.25, 0.3) is 0 Å². The summed E-state index contributed by atoms with van der Waals surface area (Å²) in [5.41, 5.74) is 2.47. The summed E-state index contributed by atoms with van der Waals surface area (Å²) in [5, 5.41) is 3.20. The number of pyridine rings is 1. The van der Waals surface area contributed by atoms with Crippen molar-refractivity contribution >= 4 is 0 Å². The summed E-state index contributed by atoms with van der Waals surface area (Å²) >= 11 is 0. The predicted octanol–water partition coefficient (Wildman–Crippen LogP) is 3.72. The van der Waals surface area contributed by atoms with Crippen LogP contribution >= 0.6 is 0 Å². The molecule has 1 unspecified atom stereocenters. The van der Waals surface area contributed by atoms with Gasteiger partial charge in [0.15, 0.2) is 0 Å². The van der Waals surface area contributed by atoms with E-state index in [1.807, 2.05) is 31.3 Å². The Morgan fingerprint density at radius 1 is 1.21 bits per heavy atom. The highest BCUT2D eigenvalue weighted by Crippen LogP contribution is 2.22. The van der Waals surface area contributed by atoms with Gasteiger partial charge in [0.05, 0.1) is 0 Å². The molecule has 100 valence electrons. The third-order valence-corrected chi connectivity index (χ3v) is 3.25. The molecule has 0 bridgehead atoms. The molecule has 0 spiro atoms. The highest BCUT2D eigenvalue weighted by Gasteiger charge is 2.05. The Morgan fingerprint density at radius 2 is 1.95 bits per heavy atom. The molecule has 0 radical (unpaired) electrons. The van der Waals surface area contributed by atoms with Crippen molar-refractivity contribution in [1.82, 2.24) is 10.3 Å². The van der Waals surface area contributed by atoms with Gasteiger partial charge in [-0.3, -0.25) is 0 Å². The molecular weight excluding hydrogens is 236 g/mol. The lowest BCUT2D eigenvalue weighted by atomic mass is 10.1. The molecule has 1 atom stereocenters. The lowest BCUT2D eigenvalue weighted by molar-refractivity contribution is 0.460. The van der Waals surface area contributed by atoms with E-state index < -0.39 is 0 Å². The maximum absolute atomic E-state index is 5.77. The third kappa shape index (κ3) is 3.55. The molecule has 19 heavy (non-hydrogen) atoms. The Morgan fingerprint density at radius 3 is 2.58 bits per heavy atom. The van der Waals surface area contributed by atoms with E-state index in [1.54, 1.807) is 6.20 Å². The van der Waals surface area contributed by atoms with E-state index in [0.29, 0.717) is 5.88 Å². The minimum absolute atomic E-state index is 0.285. The van der Waals surface area contributed by atoms with Gasteiger partial charge in [-0.2, -0.15) is 0 Å². The minimum atomic E-state index is 0.285. The molecule has 1 aromatic carbocycles. The molecule has 0 amide bonds. The molecule has 0 aliphatic carbocycles. The molecule has 2 aromatic rings. The van der Waals surface area contributed by atoms with E-state index in [1.165, 1.54) is 5.56 Å². The Balaban J connectivity index is 2.13. The highest BCUT2D eigenvalue weighted by molar-refractivity contribution is 5.32. The second kappa shape index (κ2) is 6.34. The van der Waals surface area contributed by atoms with Crippen LogP contribution in [0.2, 0.25) is 0 Å². The largest absolute Gasteiger partial charge is 0.439 e. The van der Waals surface area contributed by atoms with Crippen molar-refractivity contribution in [3.8, 4) is 11.6 Å². The number of aromatic nitrogens is 1. The van der Waals surface area contributed by atoms with Crippen molar-refractivity contribution in [3.05, 3.63) is 53.7 Å². The van der Waals surface area contributed by atoms with Crippen molar-refractivity contribution in [3.63, 3.8) is 0 Å². The van der Waals surface area contributed by atoms with Crippen molar-refractivity contribution in [1.29, 1.82) is 0 Å². The zero-order valence-corrected chi connectivity index (χ0v) is 11.7. The van der Waals surface area contributed by atoms with Crippen LogP contribution in [0.1, 0.15) is 31.0 Å². The number of hydrogen-bond acceptors (Lipinski definition) is 3. The van der Waals surface area contributed by atoms with Gasteiger partial charge in [-0.05, 0) is 49.7 Å². The van der Waals surface area contributed by atoms with Gasteiger partial charge in [0.1, 0.15) is 5.75 Å². The molecule has 1 N–H and O–H groups in total. The Labute approximate surface area is 114 Å². The summed E-state index contributed by atoms with van der Waals surface area (Å²) in [4.78, 5) is 4.24. The number of nitrogens with one attached hydrogen (secondary N) is 1. The van der Waals surface area contributed by atoms with Crippen molar-refractivity contribution in [2.75, 3.05) is 7.05 Å². The quantitative estimate of drug-likeness (QED) is 0.885. The van der Waals surface area contributed by atoms with Crippen molar-refractivity contribution in [2.45, 2.75) is 26.3 Å². The van der Waals surface area contributed by atoms with E-state index in [-0.39, 0.29) is 6.04 Å². The first kappa shape index (κ1) is 13.6. The van der Waals surface area contributed by atoms with Crippen molar-refractivity contribution in [2.24, 2.45) is 0 Å². The smallest absolute Gasteiger partial charge is 0.219 e.